The molecule has 1 N–H and O–H groups in total. The number of anilines is 2. The van der Waals surface area contributed by atoms with E-state index in [0.29, 0.717) is 11.1 Å². The predicted molar refractivity (Wildman–Crippen MR) is 114 cm³/mol. The Morgan fingerprint density at radius 1 is 1.28 bits per heavy atom. The fourth-order valence-electron chi connectivity index (χ4n) is 3.46. The summed E-state index contributed by atoms with van der Waals surface area (Å²) in [6.45, 7) is 6.06. The summed E-state index contributed by atoms with van der Waals surface area (Å²) in [6, 6.07) is 4.61. The van der Waals surface area contributed by atoms with Crippen LogP contribution in [0.1, 0.15) is 45.6 Å². The highest BCUT2D eigenvalue weighted by molar-refractivity contribution is 8.00. The lowest BCUT2D eigenvalue weighted by atomic mass is 10.00. The monoisotopic (exact) mass is 437 g/mol. The molecule has 0 spiro atoms. The molecule has 9 heteroatoms. The van der Waals surface area contributed by atoms with Gasteiger partial charge in [0.25, 0.3) is 0 Å². The van der Waals surface area contributed by atoms with Gasteiger partial charge in [0.1, 0.15) is 5.82 Å². The van der Waals surface area contributed by atoms with Crippen LogP contribution >= 0.6 is 23.4 Å². The molecule has 1 atom stereocenters. The first kappa shape index (κ1) is 20.5. The van der Waals surface area contributed by atoms with E-state index in [1.165, 1.54) is 23.9 Å². The van der Waals surface area contributed by atoms with Gasteiger partial charge in [-0.15, -0.1) is 10.2 Å². The van der Waals surface area contributed by atoms with Gasteiger partial charge in [0.05, 0.1) is 10.9 Å². The molecule has 1 saturated heterocycles. The number of rotatable bonds is 6. The van der Waals surface area contributed by atoms with Gasteiger partial charge >= 0.3 is 0 Å². The van der Waals surface area contributed by atoms with Crippen LogP contribution in [0.2, 0.25) is 5.02 Å². The van der Waals surface area contributed by atoms with Crippen LogP contribution in [0.25, 0.3) is 0 Å². The Kier molecular flexibility index (Phi) is 6.01. The third-order valence-corrected chi connectivity index (χ3v) is 6.76. The lowest BCUT2D eigenvalue weighted by molar-refractivity contribution is -0.115. The van der Waals surface area contributed by atoms with E-state index in [4.69, 9.17) is 11.6 Å². The summed E-state index contributed by atoms with van der Waals surface area (Å²) in [5, 5.41) is 12.1. The molecule has 2 aliphatic rings. The molecule has 29 heavy (non-hydrogen) atoms. The minimum Gasteiger partial charge on any atom is -0.341 e. The number of nitrogens with one attached hydrogen (secondary N) is 1. The quantitative estimate of drug-likeness (QED) is 0.660. The zero-order chi connectivity index (χ0) is 20.5. The number of hydrogen-bond acceptors (Lipinski definition) is 5. The van der Waals surface area contributed by atoms with Crippen molar-refractivity contribution >= 4 is 40.9 Å². The van der Waals surface area contributed by atoms with Crippen LogP contribution in [-0.4, -0.2) is 39.0 Å². The van der Waals surface area contributed by atoms with Crippen LogP contribution < -0.4 is 10.2 Å². The number of carbonyl (C=O) groups excluding carboxylic acids is 1. The van der Waals surface area contributed by atoms with E-state index >= 15 is 0 Å². The molecule has 1 unspecified atom stereocenters. The zero-order valence-corrected chi connectivity index (χ0v) is 18.1. The molecule has 6 nitrogen and oxygen atoms in total. The summed E-state index contributed by atoms with van der Waals surface area (Å²) in [5.41, 5.74) is 0.124. The molecule has 1 saturated carbocycles. The van der Waals surface area contributed by atoms with Gasteiger partial charge in [0.2, 0.25) is 11.9 Å². The van der Waals surface area contributed by atoms with Crippen LogP contribution in [0.15, 0.2) is 23.4 Å². The minimum absolute atomic E-state index is 0.124. The van der Waals surface area contributed by atoms with E-state index in [9.17, 15) is 9.18 Å². The number of benzene rings is 1. The van der Waals surface area contributed by atoms with Crippen LogP contribution in [0, 0.1) is 11.7 Å². The minimum atomic E-state index is -0.550. The summed E-state index contributed by atoms with van der Waals surface area (Å²) >= 11 is 7.13. The van der Waals surface area contributed by atoms with Crippen LogP contribution in [0.4, 0.5) is 16.0 Å². The SMILES string of the molecule is CC1CCN(c2nnc(SC(C)C(=O)Nc3ccc(Cl)cc3F)n2C2CC2)CC1. The summed E-state index contributed by atoms with van der Waals surface area (Å²) < 4.78 is 16.2. The van der Waals surface area contributed by atoms with Gasteiger partial charge in [-0.3, -0.25) is 9.36 Å². The third-order valence-electron chi connectivity index (χ3n) is 5.47. The van der Waals surface area contributed by atoms with Crippen molar-refractivity contribution in [2.24, 2.45) is 5.92 Å². The molecule has 1 aromatic heterocycles. The highest BCUT2D eigenvalue weighted by atomic mass is 35.5. The topological polar surface area (TPSA) is 63.1 Å². The molecule has 2 heterocycles. The maximum absolute atomic E-state index is 14.0. The summed E-state index contributed by atoms with van der Waals surface area (Å²) in [5.74, 6) is 0.827. The predicted octanol–water partition coefficient (Wildman–Crippen LogP) is 4.76. The Hall–Kier alpha value is -1.80. The summed E-state index contributed by atoms with van der Waals surface area (Å²) in [6.07, 6.45) is 4.54. The van der Waals surface area contributed by atoms with Gasteiger partial charge in [-0.2, -0.15) is 0 Å². The van der Waals surface area contributed by atoms with E-state index in [1.807, 2.05) is 0 Å². The van der Waals surface area contributed by atoms with Gasteiger partial charge in [-0.25, -0.2) is 4.39 Å². The molecule has 1 aliphatic carbocycles. The third kappa shape index (κ3) is 4.69. The Morgan fingerprint density at radius 3 is 2.66 bits per heavy atom. The molecular weight excluding hydrogens is 413 g/mol. The number of halogens is 2. The first-order valence-electron chi connectivity index (χ1n) is 10.0. The molecule has 1 aliphatic heterocycles. The highest BCUT2D eigenvalue weighted by Crippen LogP contribution is 2.42. The number of aromatic nitrogens is 3. The molecule has 2 aromatic rings. The van der Waals surface area contributed by atoms with Gasteiger partial charge in [0.15, 0.2) is 5.16 Å². The van der Waals surface area contributed by atoms with Crippen molar-refractivity contribution in [2.75, 3.05) is 23.3 Å². The molecule has 156 valence electrons. The van der Waals surface area contributed by atoms with E-state index in [0.717, 1.165) is 55.8 Å². The second-order valence-electron chi connectivity index (χ2n) is 7.93. The van der Waals surface area contributed by atoms with Gasteiger partial charge in [-0.1, -0.05) is 30.3 Å². The smallest absolute Gasteiger partial charge is 0.237 e. The number of amides is 1. The van der Waals surface area contributed by atoms with E-state index in [-0.39, 0.29) is 11.6 Å². The Labute approximate surface area is 179 Å². The second kappa shape index (κ2) is 8.52. The van der Waals surface area contributed by atoms with E-state index in [1.54, 1.807) is 13.0 Å². The van der Waals surface area contributed by atoms with Crippen molar-refractivity contribution < 1.29 is 9.18 Å². The standard InChI is InChI=1S/C20H25ClFN5OS/c1-12-7-9-26(10-8-12)19-24-25-20(27(19)15-4-5-15)29-13(2)18(28)23-17-6-3-14(21)11-16(17)22/h3,6,11-13,15H,4-5,7-10H2,1-2H3,(H,23,28). The zero-order valence-electron chi connectivity index (χ0n) is 16.6. The van der Waals surface area contributed by atoms with E-state index < -0.39 is 11.1 Å². The lowest BCUT2D eigenvalue weighted by Crippen LogP contribution is -2.34. The average Bonchev–Trinajstić information content (AvgIpc) is 3.45. The number of piperidine rings is 1. The summed E-state index contributed by atoms with van der Waals surface area (Å²) in [4.78, 5) is 14.9. The highest BCUT2D eigenvalue weighted by Gasteiger charge is 2.33. The van der Waals surface area contributed by atoms with Crippen molar-refractivity contribution in [3.8, 4) is 0 Å². The largest absolute Gasteiger partial charge is 0.341 e. The Balaban J connectivity index is 1.46. The maximum Gasteiger partial charge on any atom is 0.237 e. The second-order valence-corrected chi connectivity index (χ2v) is 9.67. The number of nitrogens with zero attached hydrogens (tertiary/aromatic N) is 4. The van der Waals surface area contributed by atoms with Gasteiger partial charge in [0, 0.05) is 24.2 Å². The fourth-order valence-corrected chi connectivity index (χ4v) is 4.54. The first-order chi connectivity index (χ1) is 13.9. The number of carbonyl (C=O) groups is 1. The first-order valence-corrected chi connectivity index (χ1v) is 11.3. The molecule has 4 rings (SSSR count). The maximum atomic E-state index is 14.0. The molecule has 1 amide bonds. The molecule has 0 radical (unpaired) electrons. The Morgan fingerprint density at radius 2 is 2.00 bits per heavy atom. The molecule has 1 aromatic carbocycles. The molecular formula is C20H25ClFN5OS. The van der Waals surface area contributed by atoms with E-state index in [2.05, 4.69) is 31.9 Å². The normalized spacial score (nSPS) is 18.7. The van der Waals surface area contributed by atoms with Crippen molar-refractivity contribution in [1.82, 2.24) is 14.8 Å². The van der Waals surface area contributed by atoms with Crippen LogP contribution in [-0.2, 0) is 4.79 Å². The Bertz CT molecular complexity index is 895. The molecule has 0 bridgehead atoms. The lowest BCUT2D eigenvalue weighted by Gasteiger charge is -2.31. The number of thioether (sulfide) groups is 1. The van der Waals surface area contributed by atoms with Crippen molar-refractivity contribution in [3.63, 3.8) is 0 Å². The average molecular weight is 438 g/mol. The fraction of sp³-hybridized carbons (Fsp3) is 0.550. The van der Waals surface area contributed by atoms with Crippen molar-refractivity contribution in [1.29, 1.82) is 0 Å². The van der Waals surface area contributed by atoms with Crippen molar-refractivity contribution in [3.05, 3.63) is 29.0 Å². The van der Waals surface area contributed by atoms with Crippen LogP contribution in [0.5, 0.6) is 0 Å². The van der Waals surface area contributed by atoms with Gasteiger partial charge in [-0.05, 0) is 56.7 Å². The molecule has 2 fully saturated rings. The van der Waals surface area contributed by atoms with Crippen molar-refractivity contribution in [2.45, 2.75) is 56.0 Å². The van der Waals surface area contributed by atoms with Gasteiger partial charge < -0.3 is 10.2 Å². The summed E-state index contributed by atoms with van der Waals surface area (Å²) in [7, 11) is 0. The number of hydrogen-bond donors (Lipinski definition) is 1. The van der Waals surface area contributed by atoms with Crippen LogP contribution in [0.3, 0.4) is 0 Å².